The number of rotatable bonds is 0. The lowest BCUT2D eigenvalue weighted by molar-refractivity contribution is 1.03. The normalized spacial score (nSPS) is 21.3. The van der Waals surface area contributed by atoms with Crippen LogP contribution in [0.5, 0.6) is 0 Å². The van der Waals surface area contributed by atoms with E-state index in [4.69, 9.17) is 0 Å². The Labute approximate surface area is 38.9 Å². The quantitative estimate of drug-likeness (QED) is 0.412. The van der Waals surface area contributed by atoms with Gasteiger partial charge in [0.05, 0.1) is 0 Å². The van der Waals surface area contributed by atoms with E-state index in [1.54, 1.807) is 0 Å². The van der Waals surface area contributed by atoms with Gasteiger partial charge in [-0.25, -0.2) is 0 Å². The molecule has 1 aliphatic carbocycles. The molecule has 30 valence electrons. The largest absolute Gasteiger partial charge is 0.0873 e. The van der Waals surface area contributed by atoms with Crippen LogP contribution in [0.25, 0.3) is 0 Å². The van der Waals surface area contributed by atoms with E-state index in [9.17, 15) is 0 Å². The predicted octanol–water partition coefficient (Wildman–Crippen LogP) is 1.50. The Kier molecular flexibility index (Phi) is 1.31. The van der Waals surface area contributed by atoms with Gasteiger partial charge in [-0.2, -0.15) is 0 Å². The molecule has 0 fully saturated rings. The summed E-state index contributed by atoms with van der Waals surface area (Å²) in [6.07, 6.45) is 12.0. The zero-order valence-corrected chi connectivity index (χ0v) is 3.57. The van der Waals surface area contributed by atoms with E-state index in [-0.39, 0.29) is 0 Å². The summed E-state index contributed by atoms with van der Waals surface area (Å²) in [5, 5.41) is 0. The second-order valence-electron chi connectivity index (χ2n) is 1.24. The Morgan fingerprint density at radius 3 is 2.67 bits per heavy atom. The highest BCUT2D eigenvalue weighted by molar-refractivity contribution is 5.04. The Balaban J connectivity index is 2.26. The summed E-state index contributed by atoms with van der Waals surface area (Å²) in [6, 6.07) is 0. The first-order chi connectivity index (χ1) is 3.00. The van der Waals surface area contributed by atoms with Gasteiger partial charge in [0.1, 0.15) is 0 Å². The van der Waals surface area contributed by atoms with Crippen molar-refractivity contribution in [2.45, 2.75) is 12.8 Å². The first-order valence-corrected chi connectivity index (χ1v) is 2.09. The van der Waals surface area contributed by atoms with Gasteiger partial charge in [0.25, 0.3) is 0 Å². The molecule has 0 atom stereocenters. The van der Waals surface area contributed by atoms with Crippen LogP contribution in [-0.4, -0.2) is 0 Å². The molecule has 0 nitrogen and oxygen atoms in total. The summed E-state index contributed by atoms with van der Waals surface area (Å²) in [5.41, 5.74) is 0. The number of hydrogen-bond acceptors (Lipinski definition) is 0. The zero-order chi connectivity index (χ0) is 4.24. The Morgan fingerprint density at radius 1 is 1.50 bits per heavy atom. The molecule has 0 aromatic heterocycles. The van der Waals surface area contributed by atoms with Crippen LogP contribution in [-0.2, 0) is 0 Å². The molecule has 0 heterocycles. The molecule has 1 rings (SSSR count). The standard InChI is InChI=1S/C6H6/c1-2-4-6-5-3-1/h1-2H,3,6H2. The van der Waals surface area contributed by atoms with E-state index >= 15 is 0 Å². The van der Waals surface area contributed by atoms with Crippen LogP contribution in [0.2, 0.25) is 0 Å². The lowest BCUT2D eigenvalue weighted by Crippen LogP contribution is -1.79. The van der Waals surface area contributed by atoms with Gasteiger partial charge < -0.3 is 0 Å². The second-order valence-corrected chi connectivity index (χ2v) is 1.24. The van der Waals surface area contributed by atoms with Crippen LogP contribution in [0.4, 0.5) is 0 Å². The monoisotopic (exact) mass is 78.0 g/mol. The third-order valence-corrected chi connectivity index (χ3v) is 0.725. The number of hydrogen-bond donors (Lipinski definition) is 0. The minimum atomic E-state index is 0.913. The molecule has 0 aromatic carbocycles. The highest BCUT2D eigenvalue weighted by Crippen LogP contribution is 2.04. The van der Waals surface area contributed by atoms with Crippen LogP contribution in [0.3, 0.4) is 0 Å². The van der Waals surface area contributed by atoms with Crippen molar-refractivity contribution in [2.75, 3.05) is 0 Å². The fourth-order valence-electron chi connectivity index (χ4n) is 0.429. The maximum Gasteiger partial charge on any atom is 0.00871 e. The summed E-state index contributed by atoms with van der Waals surface area (Å²) in [4.78, 5) is 0. The highest BCUT2D eigenvalue weighted by atomic mass is 13.9. The van der Waals surface area contributed by atoms with E-state index in [0.29, 0.717) is 0 Å². The Morgan fingerprint density at radius 2 is 2.50 bits per heavy atom. The van der Waals surface area contributed by atoms with E-state index in [0.717, 1.165) is 12.8 Å². The van der Waals surface area contributed by atoms with Gasteiger partial charge in [-0.05, 0) is 19.3 Å². The van der Waals surface area contributed by atoms with Gasteiger partial charge in [0, 0.05) is 6.42 Å². The lowest BCUT2D eigenvalue weighted by Gasteiger charge is -1.95. The molecule has 6 heavy (non-hydrogen) atoms. The summed E-state index contributed by atoms with van der Waals surface area (Å²) >= 11 is 0. The maximum absolute atomic E-state index is 3.09. The van der Waals surface area contributed by atoms with Gasteiger partial charge in [-0.15, -0.1) is 0 Å². The van der Waals surface area contributed by atoms with Gasteiger partial charge >= 0.3 is 0 Å². The molecule has 0 unspecified atom stereocenters. The second kappa shape index (κ2) is 2.01. The number of allylic oxidation sites excluding steroid dienone is 2. The SMILES string of the molecule is [C]1C=CC[C]C1. The van der Waals surface area contributed by atoms with Crippen LogP contribution in [0.15, 0.2) is 12.2 Å². The highest BCUT2D eigenvalue weighted by Gasteiger charge is 1.89. The Hall–Kier alpha value is -0.260. The zero-order valence-electron chi connectivity index (χ0n) is 3.57. The molecule has 0 aliphatic heterocycles. The van der Waals surface area contributed by atoms with Crippen LogP contribution in [0.1, 0.15) is 12.8 Å². The summed E-state index contributed by atoms with van der Waals surface area (Å²) < 4.78 is 0. The summed E-state index contributed by atoms with van der Waals surface area (Å²) in [7, 11) is 0. The van der Waals surface area contributed by atoms with Crippen molar-refractivity contribution in [3.63, 3.8) is 0 Å². The first kappa shape index (κ1) is 3.91. The van der Waals surface area contributed by atoms with Crippen LogP contribution >= 0.6 is 0 Å². The van der Waals surface area contributed by atoms with Crippen molar-refractivity contribution < 1.29 is 0 Å². The van der Waals surface area contributed by atoms with Gasteiger partial charge in [0.2, 0.25) is 0 Å². The molecule has 0 N–H and O–H groups in total. The van der Waals surface area contributed by atoms with Crippen molar-refractivity contribution in [3.05, 3.63) is 25.0 Å². The Bertz CT molecular complexity index is 45.1. The van der Waals surface area contributed by atoms with Crippen LogP contribution < -0.4 is 0 Å². The molecule has 0 saturated carbocycles. The van der Waals surface area contributed by atoms with Crippen molar-refractivity contribution in [1.82, 2.24) is 0 Å². The summed E-state index contributed by atoms with van der Waals surface area (Å²) in [5.74, 6) is 0. The summed E-state index contributed by atoms with van der Waals surface area (Å²) in [6.45, 7) is 0. The fraction of sp³-hybridized carbons (Fsp3) is 0.333. The van der Waals surface area contributed by atoms with Gasteiger partial charge in [0.15, 0.2) is 0 Å². The molecule has 0 aromatic rings. The third-order valence-electron chi connectivity index (χ3n) is 0.725. The average Bonchev–Trinajstić information content (AvgIpc) is 1.72. The fourth-order valence-corrected chi connectivity index (χ4v) is 0.429. The van der Waals surface area contributed by atoms with E-state index in [1.165, 1.54) is 0 Å². The smallest absolute Gasteiger partial charge is 0.00871 e. The van der Waals surface area contributed by atoms with Crippen molar-refractivity contribution in [3.8, 4) is 0 Å². The molecular formula is C6H6. The van der Waals surface area contributed by atoms with Gasteiger partial charge in [-0.1, -0.05) is 12.2 Å². The molecule has 1 aliphatic rings. The molecule has 0 amide bonds. The molecule has 0 heteroatoms. The molecular weight excluding hydrogens is 72.1 g/mol. The van der Waals surface area contributed by atoms with Crippen molar-refractivity contribution >= 4 is 0 Å². The molecule has 0 spiro atoms. The molecule has 4 radical (unpaired) electrons. The van der Waals surface area contributed by atoms with Crippen molar-refractivity contribution in [2.24, 2.45) is 0 Å². The van der Waals surface area contributed by atoms with Crippen molar-refractivity contribution in [1.29, 1.82) is 0 Å². The minimum absolute atomic E-state index is 0.913. The van der Waals surface area contributed by atoms with Crippen LogP contribution in [0, 0.1) is 12.8 Å². The molecule has 0 saturated heterocycles. The molecule has 0 bridgehead atoms. The lowest BCUT2D eigenvalue weighted by atomic mass is 10.1. The van der Waals surface area contributed by atoms with E-state index < -0.39 is 0 Å². The van der Waals surface area contributed by atoms with Gasteiger partial charge in [-0.3, -0.25) is 0 Å². The predicted molar refractivity (Wildman–Crippen MR) is 24.9 cm³/mol. The third kappa shape index (κ3) is 0.852. The average molecular weight is 78.1 g/mol. The minimum Gasteiger partial charge on any atom is -0.0873 e. The first-order valence-electron chi connectivity index (χ1n) is 2.09. The maximum atomic E-state index is 3.09. The topological polar surface area (TPSA) is 0 Å². The van der Waals surface area contributed by atoms with E-state index in [1.807, 2.05) is 12.2 Å². The van der Waals surface area contributed by atoms with E-state index in [2.05, 4.69) is 12.8 Å².